The van der Waals surface area contributed by atoms with Crippen LogP contribution in [0.25, 0.3) is 0 Å². The van der Waals surface area contributed by atoms with E-state index in [2.05, 4.69) is 22.8 Å². The fourth-order valence-corrected chi connectivity index (χ4v) is 6.77. The summed E-state index contributed by atoms with van der Waals surface area (Å²) in [5, 5.41) is 24.8. The molecule has 3 fully saturated rings. The molecule has 4 aliphatic rings. The third kappa shape index (κ3) is 4.67. The minimum absolute atomic E-state index is 0.0166. The molecule has 2 saturated carbocycles. The van der Waals surface area contributed by atoms with Crippen molar-refractivity contribution in [1.82, 2.24) is 10.3 Å². The number of rotatable bonds is 10. The zero-order chi connectivity index (χ0) is 24.5. The number of nitrogens with one attached hydrogen (secondary N) is 2. The van der Waals surface area contributed by atoms with Gasteiger partial charge in [0.25, 0.3) is 0 Å². The van der Waals surface area contributed by atoms with E-state index in [0.29, 0.717) is 18.4 Å². The minimum atomic E-state index is -1.10. The van der Waals surface area contributed by atoms with Crippen molar-refractivity contribution in [2.24, 2.45) is 17.3 Å². The van der Waals surface area contributed by atoms with E-state index in [0.717, 1.165) is 82.3 Å². The summed E-state index contributed by atoms with van der Waals surface area (Å²) in [5.41, 5.74) is 1.35. The van der Waals surface area contributed by atoms with E-state index in [-0.39, 0.29) is 18.9 Å². The molecule has 192 valence electrons. The molecule has 5 rings (SSSR count). The number of aryl methyl sites for hydroxylation is 2. The minimum Gasteiger partial charge on any atom is -0.480 e. The molecule has 8 nitrogen and oxygen atoms in total. The molecule has 0 radical (unpaired) electrons. The first-order chi connectivity index (χ1) is 17.0. The van der Waals surface area contributed by atoms with Gasteiger partial charge in [0, 0.05) is 31.9 Å². The number of carboxylic acids is 1. The van der Waals surface area contributed by atoms with Crippen molar-refractivity contribution in [1.29, 1.82) is 0 Å². The van der Waals surface area contributed by atoms with Crippen LogP contribution in [0.1, 0.15) is 75.5 Å². The van der Waals surface area contributed by atoms with Crippen molar-refractivity contribution >= 4 is 17.7 Å². The van der Waals surface area contributed by atoms with Crippen LogP contribution in [0.15, 0.2) is 12.1 Å². The van der Waals surface area contributed by atoms with Crippen molar-refractivity contribution in [3.05, 3.63) is 23.4 Å². The lowest BCUT2D eigenvalue weighted by Crippen LogP contribution is -2.60. The predicted molar refractivity (Wildman–Crippen MR) is 131 cm³/mol. The summed E-state index contributed by atoms with van der Waals surface area (Å²) in [4.78, 5) is 29.8. The van der Waals surface area contributed by atoms with E-state index in [9.17, 15) is 19.8 Å². The van der Waals surface area contributed by atoms with Crippen molar-refractivity contribution < 1.29 is 24.5 Å². The number of carbonyl (C=O) groups is 2. The summed E-state index contributed by atoms with van der Waals surface area (Å²) >= 11 is 0. The number of pyridine rings is 1. The first kappa shape index (κ1) is 24.5. The molecule has 35 heavy (non-hydrogen) atoms. The number of ether oxygens (including phenoxy) is 1. The van der Waals surface area contributed by atoms with E-state index in [1.807, 2.05) is 0 Å². The number of carboxylic acid groups (broad SMARTS) is 1. The van der Waals surface area contributed by atoms with Crippen LogP contribution < -0.4 is 10.6 Å². The highest BCUT2D eigenvalue weighted by Crippen LogP contribution is 2.65. The van der Waals surface area contributed by atoms with Gasteiger partial charge in [0.15, 0.2) is 0 Å². The number of aliphatic hydroxyl groups excluding tert-OH is 1. The summed E-state index contributed by atoms with van der Waals surface area (Å²) in [5.74, 6) is 0.692. The normalized spacial score (nSPS) is 29.7. The summed E-state index contributed by atoms with van der Waals surface area (Å²) in [7, 11) is 0. The molecule has 3 heterocycles. The standard InChI is InChI=1S/C27H39N3O5/c31-14-9-22(24(32)33)30-25(34)26(11-12-26)27(10-1-2-15-35-27)20-16-18(17-20)5-7-21-8-6-19-4-3-13-28-23(19)29-21/h6,8,18,20,22,31H,1-5,7,9-17H2,(H,28,29)(H,30,34)(H,32,33). The summed E-state index contributed by atoms with van der Waals surface area (Å²) in [6, 6.07) is 3.33. The maximum Gasteiger partial charge on any atom is 0.326 e. The molecule has 1 saturated heterocycles. The van der Waals surface area contributed by atoms with E-state index >= 15 is 0 Å². The second-order valence-corrected chi connectivity index (χ2v) is 11.1. The van der Waals surface area contributed by atoms with Crippen molar-refractivity contribution in [2.75, 3.05) is 25.1 Å². The Kier molecular flexibility index (Phi) is 7.04. The van der Waals surface area contributed by atoms with Crippen molar-refractivity contribution in [3.8, 4) is 0 Å². The number of aliphatic hydroxyl groups is 1. The van der Waals surface area contributed by atoms with Gasteiger partial charge in [0.1, 0.15) is 11.9 Å². The number of amides is 1. The molecule has 2 atom stereocenters. The fraction of sp³-hybridized carbons (Fsp3) is 0.741. The number of nitrogens with zero attached hydrogens (tertiary/aromatic N) is 1. The van der Waals surface area contributed by atoms with Gasteiger partial charge in [0.05, 0.1) is 11.0 Å². The van der Waals surface area contributed by atoms with Crippen LogP contribution in [0.3, 0.4) is 0 Å². The largest absolute Gasteiger partial charge is 0.480 e. The Hall–Kier alpha value is -2.19. The van der Waals surface area contributed by atoms with E-state index in [1.54, 1.807) is 0 Å². The molecule has 0 bridgehead atoms. The molecule has 8 heteroatoms. The van der Waals surface area contributed by atoms with Crippen LogP contribution in [0, 0.1) is 17.3 Å². The predicted octanol–water partition coefficient (Wildman–Crippen LogP) is 3.07. The lowest BCUT2D eigenvalue weighted by Gasteiger charge is -2.54. The first-order valence-electron chi connectivity index (χ1n) is 13.5. The lowest BCUT2D eigenvalue weighted by atomic mass is 9.58. The zero-order valence-corrected chi connectivity index (χ0v) is 20.6. The van der Waals surface area contributed by atoms with Gasteiger partial charge in [-0.3, -0.25) is 4.79 Å². The highest BCUT2D eigenvalue weighted by molar-refractivity contribution is 5.90. The Morgan fingerprint density at radius 1 is 1.20 bits per heavy atom. The summed E-state index contributed by atoms with van der Waals surface area (Å²) in [6.45, 7) is 1.39. The number of carbonyl (C=O) groups excluding carboxylic acids is 1. The van der Waals surface area contributed by atoms with Crippen LogP contribution in [0.5, 0.6) is 0 Å². The number of aliphatic carboxylic acids is 1. The van der Waals surface area contributed by atoms with Crippen LogP contribution >= 0.6 is 0 Å². The number of anilines is 1. The Morgan fingerprint density at radius 3 is 2.71 bits per heavy atom. The van der Waals surface area contributed by atoms with E-state index in [1.165, 1.54) is 12.0 Å². The molecule has 2 unspecified atom stereocenters. The van der Waals surface area contributed by atoms with Crippen LogP contribution in [0.2, 0.25) is 0 Å². The van der Waals surface area contributed by atoms with Gasteiger partial charge in [-0.05, 0) is 94.1 Å². The Morgan fingerprint density at radius 2 is 2.03 bits per heavy atom. The number of hydrogen-bond donors (Lipinski definition) is 4. The molecule has 1 aromatic rings. The third-order valence-electron chi connectivity index (χ3n) is 8.97. The summed E-state index contributed by atoms with van der Waals surface area (Å²) in [6.07, 6.45) is 10.9. The molecular formula is C27H39N3O5. The van der Waals surface area contributed by atoms with Gasteiger partial charge in [-0.15, -0.1) is 0 Å². The van der Waals surface area contributed by atoms with Gasteiger partial charge >= 0.3 is 5.97 Å². The van der Waals surface area contributed by atoms with Gasteiger partial charge in [-0.2, -0.15) is 0 Å². The topological polar surface area (TPSA) is 121 Å². The molecule has 0 spiro atoms. The second kappa shape index (κ2) is 10.1. The zero-order valence-electron chi connectivity index (χ0n) is 20.6. The van der Waals surface area contributed by atoms with E-state index in [4.69, 9.17) is 9.72 Å². The number of aromatic nitrogens is 1. The average molecular weight is 486 g/mol. The molecule has 2 aliphatic carbocycles. The lowest BCUT2D eigenvalue weighted by molar-refractivity contribution is -0.194. The maximum absolute atomic E-state index is 13.4. The molecule has 0 aromatic carbocycles. The molecule has 1 aromatic heterocycles. The van der Waals surface area contributed by atoms with Crippen molar-refractivity contribution in [3.63, 3.8) is 0 Å². The molecule has 1 amide bonds. The summed E-state index contributed by atoms with van der Waals surface area (Å²) < 4.78 is 6.52. The number of hydrogen-bond acceptors (Lipinski definition) is 6. The monoisotopic (exact) mass is 485 g/mol. The number of fused-ring (bicyclic) bond motifs is 1. The van der Waals surface area contributed by atoms with Crippen LogP contribution in [-0.2, 0) is 27.2 Å². The van der Waals surface area contributed by atoms with Gasteiger partial charge in [-0.1, -0.05) is 6.07 Å². The Bertz CT molecular complexity index is 935. The van der Waals surface area contributed by atoms with Gasteiger partial charge < -0.3 is 25.6 Å². The smallest absolute Gasteiger partial charge is 0.326 e. The van der Waals surface area contributed by atoms with Crippen LogP contribution in [0.4, 0.5) is 5.82 Å². The average Bonchev–Trinajstić information content (AvgIpc) is 3.66. The third-order valence-corrected chi connectivity index (χ3v) is 8.97. The highest BCUT2D eigenvalue weighted by atomic mass is 16.5. The Balaban J connectivity index is 1.22. The second-order valence-electron chi connectivity index (χ2n) is 11.1. The molecule has 2 aliphatic heterocycles. The Labute approximate surface area is 207 Å². The highest BCUT2D eigenvalue weighted by Gasteiger charge is 2.69. The molecule has 4 N–H and O–H groups in total. The fourth-order valence-electron chi connectivity index (χ4n) is 6.77. The SMILES string of the molecule is O=C(O)C(CCO)NC(=O)C1(C2(C3CC(CCc4ccc5c(n4)NCCC5)C3)CCCCO2)CC1. The van der Waals surface area contributed by atoms with Crippen LogP contribution in [-0.4, -0.2) is 58.5 Å². The van der Waals surface area contributed by atoms with Gasteiger partial charge in [-0.25, -0.2) is 9.78 Å². The maximum atomic E-state index is 13.4. The van der Waals surface area contributed by atoms with E-state index < -0.39 is 23.0 Å². The van der Waals surface area contributed by atoms with Gasteiger partial charge in [0.2, 0.25) is 5.91 Å². The quantitative estimate of drug-likeness (QED) is 0.402. The first-order valence-corrected chi connectivity index (χ1v) is 13.5. The van der Waals surface area contributed by atoms with Crippen molar-refractivity contribution in [2.45, 2.75) is 88.7 Å². The molecular weight excluding hydrogens is 446 g/mol.